The van der Waals surface area contributed by atoms with Crippen molar-refractivity contribution in [2.75, 3.05) is 19.6 Å². The summed E-state index contributed by atoms with van der Waals surface area (Å²) in [6, 6.07) is 4.07. The Balaban J connectivity index is 2.12. The molecule has 3 nitrogen and oxygen atoms in total. The third-order valence-corrected chi connectivity index (χ3v) is 2.32. The van der Waals surface area contributed by atoms with Crippen molar-refractivity contribution < 1.29 is 0 Å². The number of pyridine rings is 1. The monoisotopic (exact) mass is 207 g/mol. The normalized spacial score (nSPS) is 10.5. The second kappa shape index (κ2) is 7.37. The molecule has 1 heterocycles. The van der Waals surface area contributed by atoms with Gasteiger partial charge < -0.3 is 10.6 Å². The van der Waals surface area contributed by atoms with Crippen LogP contribution in [0.5, 0.6) is 0 Å². The van der Waals surface area contributed by atoms with Crippen molar-refractivity contribution >= 4 is 0 Å². The lowest BCUT2D eigenvalue weighted by atomic mass is 10.2. The summed E-state index contributed by atoms with van der Waals surface area (Å²) in [6.07, 6.45) is 3.04. The van der Waals surface area contributed by atoms with Gasteiger partial charge >= 0.3 is 0 Å². The van der Waals surface area contributed by atoms with E-state index >= 15 is 0 Å². The predicted octanol–water partition coefficient (Wildman–Crippen LogP) is 1.48. The third-order valence-electron chi connectivity index (χ3n) is 2.32. The lowest BCUT2D eigenvalue weighted by Gasteiger charge is -2.07. The Morgan fingerprint density at radius 3 is 2.73 bits per heavy atom. The van der Waals surface area contributed by atoms with E-state index in [1.165, 1.54) is 12.0 Å². The number of nitrogens with one attached hydrogen (secondary N) is 2. The summed E-state index contributed by atoms with van der Waals surface area (Å²) in [5, 5.41) is 6.73. The number of hydrogen-bond donors (Lipinski definition) is 2. The first-order chi connectivity index (χ1) is 7.34. The molecule has 1 aromatic heterocycles. The van der Waals surface area contributed by atoms with Crippen LogP contribution in [0.2, 0.25) is 0 Å². The van der Waals surface area contributed by atoms with Gasteiger partial charge in [-0.05, 0) is 31.5 Å². The molecule has 84 valence electrons. The molecule has 0 bridgehead atoms. The maximum atomic E-state index is 4.33. The molecule has 0 saturated heterocycles. The molecule has 0 aliphatic rings. The highest BCUT2D eigenvalue weighted by Crippen LogP contribution is 2.01. The summed E-state index contributed by atoms with van der Waals surface area (Å²) < 4.78 is 0. The number of aromatic nitrogens is 1. The van der Waals surface area contributed by atoms with Crippen LogP contribution in [0.15, 0.2) is 18.3 Å². The van der Waals surface area contributed by atoms with Crippen molar-refractivity contribution in [2.45, 2.75) is 26.8 Å². The SMILES string of the molecule is CCCNCCNCc1ncccc1C. The maximum Gasteiger partial charge on any atom is 0.0570 e. The summed E-state index contributed by atoms with van der Waals surface area (Å²) in [4.78, 5) is 4.33. The van der Waals surface area contributed by atoms with Crippen LogP contribution in [-0.4, -0.2) is 24.6 Å². The van der Waals surface area contributed by atoms with Crippen LogP contribution in [0, 0.1) is 6.92 Å². The van der Waals surface area contributed by atoms with Gasteiger partial charge in [0.05, 0.1) is 5.69 Å². The molecular weight excluding hydrogens is 186 g/mol. The molecule has 0 fully saturated rings. The first-order valence-corrected chi connectivity index (χ1v) is 5.66. The minimum atomic E-state index is 0.862. The summed E-state index contributed by atoms with van der Waals surface area (Å²) in [7, 11) is 0. The molecule has 0 unspecified atom stereocenters. The van der Waals surface area contributed by atoms with E-state index in [9.17, 15) is 0 Å². The Bertz CT molecular complexity index is 273. The van der Waals surface area contributed by atoms with Gasteiger partial charge in [0, 0.05) is 25.8 Å². The van der Waals surface area contributed by atoms with Gasteiger partial charge in [-0.3, -0.25) is 4.98 Å². The largest absolute Gasteiger partial charge is 0.315 e. The average molecular weight is 207 g/mol. The highest BCUT2D eigenvalue weighted by atomic mass is 14.9. The van der Waals surface area contributed by atoms with Crippen LogP contribution in [0.4, 0.5) is 0 Å². The van der Waals surface area contributed by atoms with Crippen LogP contribution in [-0.2, 0) is 6.54 Å². The molecule has 0 aromatic carbocycles. The number of rotatable bonds is 7. The van der Waals surface area contributed by atoms with E-state index in [1.54, 1.807) is 0 Å². The van der Waals surface area contributed by atoms with Crippen LogP contribution in [0.3, 0.4) is 0 Å². The number of hydrogen-bond acceptors (Lipinski definition) is 3. The maximum absolute atomic E-state index is 4.33. The van der Waals surface area contributed by atoms with Gasteiger partial charge in [0.1, 0.15) is 0 Å². The van der Waals surface area contributed by atoms with E-state index < -0.39 is 0 Å². The van der Waals surface area contributed by atoms with Crippen LogP contribution >= 0.6 is 0 Å². The average Bonchev–Trinajstić information content (AvgIpc) is 2.25. The molecule has 2 N–H and O–H groups in total. The van der Waals surface area contributed by atoms with Gasteiger partial charge in [0.2, 0.25) is 0 Å². The molecule has 0 aliphatic carbocycles. The van der Waals surface area contributed by atoms with E-state index in [0.717, 1.165) is 31.9 Å². The van der Waals surface area contributed by atoms with Crippen LogP contribution in [0.25, 0.3) is 0 Å². The third kappa shape index (κ3) is 4.91. The second-order valence-corrected chi connectivity index (χ2v) is 3.69. The van der Waals surface area contributed by atoms with Gasteiger partial charge in [-0.1, -0.05) is 13.0 Å². The van der Waals surface area contributed by atoms with Crippen molar-refractivity contribution in [1.29, 1.82) is 0 Å². The minimum Gasteiger partial charge on any atom is -0.315 e. The molecule has 0 spiro atoms. The molecule has 0 aliphatic heterocycles. The van der Waals surface area contributed by atoms with E-state index in [-0.39, 0.29) is 0 Å². The summed E-state index contributed by atoms with van der Waals surface area (Å²) >= 11 is 0. The van der Waals surface area contributed by atoms with Crippen molar-refractivity contribution in [3.8, 4) is 0 Å². The Kier molecular flexibility index (Phi) is 5.97. The topological polar surface area (TPSA) is 37.0 Å². The highest BCUT2D eigenvalue weighted by Gasteiger charge is 1.96. The lowest BCUT2D eigenvalue weighted by molar-refractivity contribution is 0.601. The van der Waals surface area contributed by atoms with Gasteiger partial charge in [-0.2, -0.15) is 0 Å². The molecule has 3 heteroatoms. The zero-order valence-electron chi connectivity index (χ0n) is 9.71. The Morgan fingerprint density at radius 1 is 1.20 bits per heavy atom. The molecular formula is C12H21N3. The Hall–Kier alpha value is -0.930. The van der Waals surface area contributed by atoms with E-state index in [0.29, 0.717) is 0 Å². The van der Waals surface area contributed by atoms with Gasteiger partial charge in [-0.15, -0.1) is 0 Å². The second-order valence-electron chi connectivity index (χ2n) is 3.69. The van der Waals surface area contributed by atoms with Crippen LogP contribution in [0.1, 0.15) is 24.6 Å². The van der Waals surface area contributed by atoms with Crippen molar-refractivity contribution in [2.24, 2.45) is 0 Å². The number of aryl methyl sites for hydroxylation is 1. The fourth-order valence-electron chi connectivity index (χ4n) is 1.39. The molecule has 15 heavy (non-hydrogen) atoms. The first-order valence-electron chi connectivity index (χ1n) is 5.66. The summed E-state index contributed by atoms with van der Waals surface area (Å²) in [5.41, 5.74) is 2.40. The number of nitrogens with zero attached hydrogens (tertiary/aromatic N) is 1. The Labute approximate surface area is 92.3 Å². The van der Waals surface area contributed by atoms with Gasteiger partial charge in [-0.25, -0.2) is 0 Å². The molecule has 0 amide bonds. The fourth-order valence-corrected chi connectivity index (χ4v) is 1.39. The fraction of sp³-hybridized carbons (Fsp3) is 0.583. The predicted molar refractivity (Wildman–Crippen MR) is 63.8 cm³/mol. The molecule has 0 radical (unpaired) electrons. The molecule has 0 saturated carbocycles. The smallest absolute Gasteiger partial charge is 0.0570 e. The molecule has 1 rings (SSSR count). The lowest BCUT2D eigenvalue weighted by Crippen LogP contribution is -2.27. The van der Waals surface area contributed by atoms with Crippen LogP contribution < -0.4 is 10.6 Å². The standard InChI is InChI=1S/C12H21N3/c1-3-6-13-8-9-14-10-12-11(2)5-4-7-15-12/h4-5,7,13-14H,3,6,8-10H2,1-2H3. The van der Waals surface area contributed by atoms with Crippen molar-refractivity contribution in [3.05, 3.63) is 29.6 Å². The minimum absolute atomic E-state index is 0.862. The Morgan fingerprint density at radius 2 is 2.00 bits per heavy atom. The van der Waals surface area contributed by atoms with E-state index in [2.05, 4.69) is 35.5 Å². The summed E-state index contributed by atoms with van der Waals surface area (Å²) in [6.45, 7) is 8.26. The van der Waals surface area contributed by atoms with Crippen molar-refractivity contribution in [1.82, 2.24) is 15.6 Å². The van der Waals surface area contributed by atoms with Gasteiger partial charge in [0.25, 0.3) is 0 Å². The molecule has 0 atom stereocenters. The van der Waals surface area contributed by atoms with Gasteiger partial charge in [0.15, 0.2) is 0 Å². The highest BCUT2D eigenvalue weighted by molar-refractivity contribution is 5.17. The quantitative estimate of drug-likeness (QED) is 0.665. The zero-order valence-corrected chi connectivity index (χ0v) is 9.71. The summed E-state index contributed by atoms with van der Waals surface area (Å²) in [5.74, 6) is 0. The molecule has 1 aromatic rings. The van der Waals surface area contributed by atoms with Crippen molar-refractivity contribution in [3.63, 3.8) is 0 Å². The zero-order chi connectivity index (χ0) is 10.9. The van der Waals surface area contributed by atoms with E-state index in [4.69, 9.17) is 0 Å². The first kappa shape index (κ1) is 12.1. The van der Waals surface area contributed by atoms with E-state index in [1.807, 2.05) is 12.3 Å².